The Kier molecular flexibility index (Phi) is 4.08. The Bertz CT molecular complexity index is 964. The molecule has 4 rings (SSSR count). The number of nitrogens with one attached hydrogen (secondary N) is 1. The first kappa shape index (κ1) is 16.2. The molecule has 6 nitrogen and oxygen atoms in total. The molecule has 3 aromatic rings. The minimum atomic E-state index is -0.196. The van der Waals surface area contributed by atoms with Crippen LogP contribution in [-0.2, 0) is 0 Å². The molecular formula is C20H19N3O3. The van der Waals surface area contributed by atoms with E-state index in [1.54, 1.807) is 22.9 Å². The van der Waals surface area contributed by atoms with E-state index in [0.29, 0.717) is 41.7 Å². The zero-order chi connectivity index (χ0) is 18.1. The zero-order valence-electron chi connectivity index (χ0n) is 14.7. The lowest BCUT2D eigenvalue weighted by molar-refractivity contribution is 0.102. The number of carbonyl (C=O) groups excluding carboxylic acids is 1. The Hall–Kier alpha value is -3.28. The molecular weight excluding hydrogens is 330 g/mol. The van der Waals surface area contributed by atoms with E-state index in [1.807, 2.05) is 44.2 Å². The van der Waals surface area contributed by atoms with E-state index in [1.165, 1.54) is 0 Å². The number of carbonyl (C=O) groups is 1. The van der Waals surface area contributed by atoms with Crippen LogP contribution < -0.4 is 14.8 Å². The molecule has 2 aromatic carbocycles. The third-order valence-corrected chi connectivity index (χ3v) is 4.32. The molecule has 132 valence electrons. The van der Waals surface area contributed by atoms with Gasteiger partial charge in [-0.05, 0) is 38.1 Å². The van der Waals surface area contributed by atoms with Crippen molar-refractivity contribution in [2.24, 2.45) is 0 Å². The van der Waals surface area contributed by atoms with Crippen LogP contribution in [0, 0.1) is 13.8 Å². The first-order chi connectivity index (χ1) is 12.6. The summed E-state index contributed by atoms with van der Waals surface area (Å²) in [5.74, 6) is 1.14. The highest BCUT2D eigenvalue weighted by atomic mass is 16.6. The van der Waals surface area contributed by atoms with Crippen molar-refractivity contribution in [1.29, 1.82) is 0 Å². The van der Waals surface area contributed by atoms with Crippen LogP contribution in [0.1, 0.15) is 21.7 Å². The highest BCUT2D eigenvalue weighted by Crippen LogP contribution is 2.33. The van der Waals surface area contributed by atoms with Gasteiger partial charge in [-0.2, -0.15) is 5.10 Å². The van der Waals surface area contributed by atoms with Gasteiger partial charge in [-0.3, -0.25) is 4.79 Å². The maximum atomic E-state index is 12.8. The van der Waals surface area contributed by atoms with Crippen LogP contribution in [0.15, 0.2) is 48.5 Å². The minimum Gasteiger partial charge on any atom is -0.486 e. The van der Waals surface area contributed by atoms with Gasteiger partial charge in [0.15, 0.2) is 11.5 Å². The van der Waals surface area contributed by atoms with Crippen LogP contribution in [-0.4, -0.2) is 28.9 Å². The summed E-state index contributed by atoms with van der Waals surface area (Å²) in [6.45, 7) is 4.78. The van der Waals surface area contributed by atoms with E-state index < -0.39 is 0 Å². The second-order valence-corrected chi connectivity index (χ2v) is 6.11. The van der Waals surface area contributed by atoms with Crippen molar-refractivity contribution in [2.75, 3.05) is 18.5 Å². The number of ether oxygens (including phenoxy) is 2. The van der Waals surface area contributed by atoms with Crippen molar-refractivity contribution < 1.29 is 14.3 Å². The molecule has 26 heavy (non-hydrogen) atoms. The summed E-state index contributed by atoms with van der Waals surface area (Å²) in [7, 11) is 0. The van der Waals surface area contributed by atoms with Crippen LogP contribution in [0.2, 0.25) is 0 Å². The summed E-state index contributed by atoms with van der Waals surface area (Å²) in [6.07, 6.45) is 0. The summed E-state index contributed by atoms with van der Waals surface area (Å²) in [6, 6.07) is 15.1. The van der Waals surface area contributed by atoms with Gasteiger partial charge >= 0.3 is 0 Å². The first-order valence-corrected chi connectivity index (χ1v) is 8.46. The zero-order valence-corrected chi connectivity index (χ0v) is 14.7. The standard InChI is InChI=1S/C20H19N3O3/c1-13-19(14(2)23(22-13)16-6-4-3-5-7-16)20(24)21-15-8-9-17-18(12-15)26-11-10-25-17/h3-9,12H,10-11H2,1-2H3,(H,21,24). The second-order valence-electron chi connectivity index (χ2n) is 6.11. The molecule has 0 atom stereocenters. The van der Waals surface area contributed by atoms with Crippen LogP contribution in [0.4, 0.5) is 5.69 Å². The minimum absolute atomic E-state index is 0.196. The normalized spacial score (nSPS) is 12.7. The molecule has 1 aliphatic rings. The highest BCUT2D eigenvalue weighted by Gasteiger charge is 2.20. The molecule has 0 bridgehead atoms. The topological polar surface area (TPSA) is 65.4 Å². The number of rotatable bonds is 3. The van der Waals surface area contributed by atoms with Gasteiger partial charge in [0.25, 0.3) is 5.91 Å². The molecule has 2 heterocycles. The molecule has 0 radical (unpaired) electrons. The van der Waals surface area contributed by atoms with E-state index in [2.05, 4.69) is 10.4 Å². The van der Waals surface area contributed by atoms with Crippen molar-refractivity contribution in [3.63, 3.8) is 0 Å². The maximum Gasteiger partial charge on any atom is 0.259 e. The van der Waals surface area contributed by atoms with Crippen molar-refractivity contribution >= 4 is 11.6 Å². The Balaban J connectivity index is 1.62. The van der Waals surface area contributed by atoms with Gasteiger partial charge in [-0.15, -0.1) is 0 Å². The Morgan fingerprint density at radius 1 is 1.04 bits per heavy atom. The molecule has 6 heteroatoms. The third kappa shape index (κ3) is 2.90. The molecule has 0 saturated carbocycles. The Labute approximate surface area is 151 Å². The number of aryl methyl sites for hydroxylation is 1. The first-order valence-electron chi connectivity index (χ1n) is 8.46. The van der Waals surface area contributed by atoms with E-state index in [0.717, 1.165) is 11.4 Å². The number of benzene rings is 2. The summed E-state index contributed by atoms with van der Waals surface area (Å²) in [5, 5.41) is 7.45. The predicted octanol–water partition coefficient (Wildman–Crippen LogP) is 3.51. The fourth-order valence-electron chi connectivity index (χ4n) is 3.11. The Morgan fingerprint density at radius 2 is 1.77 bits per heavy atom. The molecule has 1 amide bonds. The van der Waals surface area contributed by atoms with E-state index in [-0.39, 0.29) is 5.91 Å². The number of hydrogen-bond donors (Lipinski definition) is 1. The molecule has 0 unspecified atom stereocenters. The fraction of sp³-hybridized carbons (Fsp3) is 0.200. The SMILES string of the molecule is Cc1nn(-c2ccccc2)c(C)c1C(=O)Nc1ccc2c(c1)OCCO2. The molecule has 0 aliphatic carbocycles. The van der Waals surface area contributed by atoms with E-state index in [4.69, 9.17) is 9.47 Å². The van der Waals surface area contributed by atoms with Gasteiger partial charge in [0.2, 0.25) is 0 Å². The van der Waals surface area contributed by atoms with Crippen molar-refractivity contribution in [3.8, 4) is 17.2 Å². The van der Waals surface area contributed by atoms with Gasteiger partial charge in [0.1, 0.15) is 13.2 Å². The monoisotopic (exact) mass is 349 g/mol. The van der Waals surface area contributed by atoms with Crippen LogP contribution in [0.3, 0.4) is 0 Å². The molecule has 1 aromatic heterocycles. The number of hydrogen-bond acceptors (Lipinski definition) is 4. The molecule has 0 saturated heterocycles. The third-order valence-electron chi connectivity index (χ3n) is 4.32. The average molecular weight is 349 g/mol. The molecule has 1 aliphatic heterocycles. The largest absolute Gasteiger partial charge is 0.486 e. The quantitative estimate of drug-likeness (QED) is 0.786. The van der Waals surface area contributed by atoms with Crippen LogP contribution >= 0.6 is 0 Å². The highest BCUT2D eigenvalue weighted by molar-refractivity contribution is 6.06. The fourth-order valence-corrected chi connectivity index (χ4v) is 3.11. The molecule has 0 spiro atoms. The van der Waals surface area contributed by atoms with Crippen LogP contribution in [0.5, 0.6) is 11.5 Å². The molecule has 0 fully saturated rings. The van der Waals surface area contributed by atoms with Gasteiger partial charge in [0, 0.05) is 11.8 Å². The molecule has 1 N–H and O–H groups in total. The lowest BCUT2D eigenvalue weighted by Gasteiger charge is -2.19. The number of para-hydroxylation sites is 1. The van der Waals surface area contributed by atoms with Crippen LogP contribution in [0.25, 0.3) is 5.69 Å². The predicted molar refractivity (Wildman–Crippen MR) is 98.4 cm³/mol. The van der Waals surface area contributed by atoms with Crippen molar-refractivity contribution in [1.82, 2.24) is 9.78 Å². The number of amides is 1. The summed E-state index contributed by atoms with van der Waals surface area (Å²) in [4.78, 5) is 12.8. The number of anilines is 1. The lowest BCUT2D eigenvalue weighted by Crippen LogP contribution is -2.17. The van der Waals surface area contributed by atoms with Crippen molar-refractivity contribution in [2.45, 2.75) is 13.8 Å². The summed E-state index contributed by atoms with van der Waals surface area (Å²) in [5.41, 5.74) is 3.63. The van der Waals surface area contributed by atoms with Gasteiger partial charge < -0.3 is 14.8 Å². The van der Waals surface area contributed by atoms with Gasteiger partial charge in [-0.25, -0.2) is 4.68 Å². The number of aromatic nitrogens is 2. The number of fused-ring (bicyclic) bond motifs is 1. The van der Waals surface area contributed by atoms with E-state index >= 15 is 0 Å². The second kappa shape index (κ2) is 6.55. The summed E-state index contributed by atoms with van der Waals surface area (Å²) < 4.78 is 12.9. The van der Waals surface area contributed by atoms with E-state index in [9.17, 15) is 4.79 Å². The average Bonchev–Trinajstić information content (AvgIpc) is 2.96. The lowest BCUT2D eigenvalue weighted by atomic mass is 10.1. The summed E-state index contributed by atoms with van der Waals surface area (Å²) >= 11 is 0. The van der Waals surface area contributed by atoms with Gasteiger partial charge in [-0.1, -0.05) is 18.2 Å². The number of nitrogens with zero attached hydrogens (tertiary/aromatic N) is 2. The maximum absolute atomic E-state index is 12.8. The van der Waals surface area contributed by atoms with Crippen molar-refractivity contribution in [3.05, 3.63) is 65.5 Å². The van der Waals surface area contributed by atoms with Gasteiger partial charge in [0.05, 0.1) is 22.6 Å². The smallest absolute Gasteiger partial charge is 0.259 e. The Morgan fingerprint density at radius 3 is 2.54 bits per heavy atom.